The highest BCUT2D eigenvalue weighted by atomic mass is 14.9. The Bertz CT molecular complexity index is 504. The van der Waals surface area contributed by atoms with E-state index in [-0.39, 0.29) is 0 Å². The molecule has 0 atom stereocenters. The molecular formula is C20H26N. The second kappa shape index (κ2) is 9.23. The van der Waals surface area contributed by atoms with Crippen LogP contribution in [0.5, 0.6) is 0 Å². The van der Waals surface area contributed by atoms with Crippen LogP contribution in [0.2, 0.25) is 0 Å². The molecule has 2 rings (SSSR count). The molecule has 0 aliphatic carbocycles. The first-order valence-corrected chi connectivity index (χ1v) is 8.23. The van der Waals surface area contributed by atoms with Gasteiger partial charge in [0.1, 0.15) is 0 Å². The van der Waals surface area contributed by atoms with Crippen molar-refractivity contribution in [3.63, 3.8) is 0 Å². The zero-order valence-electron chi connectivity index (χ0n) is 13.1. The van der Waals surface area contributed by atoms with Crippen molar-refractivity contribution in [1.82, 2.24) is 5.32 Å². The SMILES string of the molecule is CCCCCCCC[N]c1ccccc1-c1ccccc1. The van der Waals surface area contributed by atoms with Gasteiger partial charge in [0.2, 0.25) is 0 Å². The van der Waals surface area contributed by atoms with E-state index in [1.165, 1.54) is 49.7 Å². The number of unbranched alkanes of at least 4 members (excludes halogenated alkanes) is 5. The molecule has 0 spiro atoms. The lowest BCUT2D eigenvalue weighted by Crippen LogP contribution is -2.01. The number of rotatable bonds is 9. The zero-order chi connectivity index (χ0) is 14.8. The molecule has 0 saturated heterocycles. The maximum Gasteiger partial charge on any atom is 0.0652 e. The van der Waals surface area contributed by atoms with Gasteiger partial charge in [-0.2, -0.15) is 0 Å². The summed E-state index contributed by atoms with van der Waals surface area (Å²) in [7, 11) is 0. The van der Waals surface area contributed by atoms with Gasteiger partial charge < -0.3 is 0 Å². The van der Waals surface area contributed by atoms with E-state index >= 15 is 0 Å². The van der Waals surface area contributed by atoms with E-state index in [9.17, 15) is 0 Å². The smallest absolute Gasteiger partial charge is 0.0652 e. The van der Waals surface area contributed by atoms with Gasteiger partial charge in [-0.1, -0.05) is 87.6 Å². The molecule has 21 heavy (non-hydrogen) atoms. The molecule has 2 aromatic carbocycles. The minimum atomic E-state index is 0.940. The molecule has 1 heteroatoms. The third-order valence-corrected chi connectivity index (χ3v) is 3.78. The summed E-state index contributed by atoms with van der Waals surface area (Å²) in [4.78, 5) is 0. The topological polar surface area (TPSA) is 14.1 Å². The van der Waals surface area contributed by atoms with Crippen LogP contribution in [0.15, 0.2) is 54.6 Å². The van der Waals surface area contributed by atoms with E-state index in [2.05, 4.69) is 61.5 Å². The van der Waals surface area contributed by atoms with Crippen LogP contribution >= 0.6 is 0 Å². The predicted molar refractivity (Wildman–Crippen MR) is 91.9 cm³/mol. The van der Waals surface area contributed by atoms with Crippen molar-refractivity contribution >= 4 is 5.69 Å². The van der Waals surface area contributed by atoms with Gasteiger partial charge in [0.05, 0.1) is 5.69 Å². The summed E-state index contributed by atoms with van der Waals surface area (Å²) < 4.78 is 0. The molecule has 0 unspecified atom stereocenters. The maximum absolute atomic E-state index is 4.80. The van der Waals surface area contributed by atoms with E-state index in [1.54, 1.807) is 0 Å². The monoisotopic (exact) mass is 280 g/mol. The first-order chi connectivity index (χ1) is 10.4. The number of nitrogens with zero attached hydrogens (tertiary/aromatic N) is 1. The summed E-state index contributed by atoms with van der Waals surface area (Å²) in [6.45, 7) is 3.20. The highest BCUT2D eigenvalue weighted by molar-refractivity contribution is 5.75. The van der Waals surface area contributed by atoms with E-state index < -0.39 is 0 Å². The first kappa shape index (κ1) is 15.6. The van der Waals surface area contributed by atoms with Crippen LogP contribution in [0.1, 0.15) is 45.4 Å². The van der Waals surface area contributed by atoms with Crippen molar-refractivity contribution in [3.8, 4) is 11.1 Å². The van der Waals surface area contributed by atoms with Crippen molar-refractivity contribution in [2.45, 2.75) is 45.4 Å². The number of para-hydroxylation sites is 1. The molecule has 0 heterocycles. The number of benzene rings is 2. The van der Waals surface area contributed by atoms with Crippen molar-refractivity contribution in [2.24, 2.45) is 0 Å². The van der Waals surface area contributed by atoms with Gasteiger partial charge in [-0.25, -0.2) is 0 Å². The molecule has 0 N–H and O–H groups in total. The molecule has 1 radical (unpaired) electrons. The average molecular weight is 280 g/mol. The van der Waals surface area contributed by atoms with Crippen LogP contribution in [0.3, 0.4) is 0 Å². The van der Waals surface area contributed by atoms with Crippen LogP contribution in [-0.4, -0.2) is 6.54 Å². The van der Waals surface area contributed by atoms with Crippen molar-refractivity contribution < 1.29 is 0 Å². The van der Waals surface area contributed by atoms with Crippen LogP contribution in [0.4, 0.5) is 5.69 Å². The van der Waals surface area contributed by atoms with Gasteiger partial charge in [0.25, 0.3) is 0 Å². The van der Waals surface area contributed by atoms with E-state index in [0.29, 0.717) is 0 Å². The van der Waals surface area contributed by atoms with Gasteiger partial charge in [0, 0.05) is 12.1 Å². The van der Waals surface area contributed by atoms with E-state index in [1.807, 2.05) is 0 Å². The largest absolute Gasteiger partial charge is 0.285 e. The third-order valence-electron chi connectivity index (χ3n) is 3.78. The summed E-state index contributed by atoms with van der Waals surface area (Å²) in [6, 6.07) is 19.0. The Hall–Kier alpha value is -1.76. The molecule has 1 nitrogen and oxygen atoms in total. The third kappa shape index (κ3) is 5.26. The fraction of sp³-hybridized carbons (Fsp3) is 0.400. The number of hydrogen-bond acceptors (Lipinski definition) is 0. The average Bonchev–Trinajstić information content (AvgIpc) is 2.55. The minimum Gasteiger partial charge on any atom is -0.285 e. The second-order valence-corrected chi connectivity index (χ2v) is 5.53. The van der Waals surface area contributed by atoms with E-state index in [0.717, 1.165) is 12.2 Å². The number of hydrogen-bond donors (Lipinski definition) is 0. The molecule has 2 aromatic rings. The van der Waals surface area contributed by atoms with Crippen LogP contribution < -0.4 is 5.32 Å². The van der Waals surface area contributed by atoms with Crippen LogP contribution in [-0.2, 0) is 0 Å². The molecule has 0 aromatic heterocycles. The fourth-order valence-electron chi connectivity index (χ4n) is 2.56. The molecule has 0 aliphatic heterocycles. The minimum absolute atomic E-state index is 0.940. The van der Waals surface area contributed by atoms with Gasteiger partial charge >= 0.3 is 0 Å². The molecule has 0 fully saturated rings. The lowest BCUT2D eigenvalue weighted by molar-refractivity contribution is 0.597. The molecular weight excluding hydrogens is 254 g/mol. The molecule has 0 bridgehead atoms. The Balaban J connectivity index is 1.84. The Morgan fingerprint density at radius 1 is 0.714 bits per heavy atom. The van der Waals surface area contributed by atoms with E-state index in [4.69, 9.17) is 5.32 Å². The molecule has 111 valence electrons. The standard InChI is InChI=1S/C20H26N/c1-2-3-4-5-6-12-17-21-20-16-11-10-15-19(20)18-13-8-7-9-14-18/h7-11,13-16H,2-6,12,17H2,1H3. The quantitative estimate of drug-likeness (QED) is 0.504. The van der Waals surface area contributed by atoms with Crippen LogP contribution in [0.25, 0.3) is 11.1 Å². The normalized spacial score (nSPS) is 10.5. The van der Waals surface area contributed by atoms with Gasteiger partial charge in [-0.05, 0) is 18.1 Å². The van der Waals surface area contributed by atoms with Crippen LogP contribution in [0, 0.1) is 0 Å². The molecule has 0 aliphatic rings. The molecule has 0 amide bonds. The van der Waals surface area contributed by atoms with Crippen molar-refractivity contribution in [2.75, 3.05) is 6.54 Å². The highest BCUT2D eigenvalue weighted by Gasteiger charge is 2.04. The summed E-state index contributed by atoms with van der Waals surface area (Å²) >= 11 is 0. The van der Waals surface area contributed by atoms with Crippen molar-refractivity contribution in [1.29, 1.82) is 0 Å². The Kier molecular flexibility index (Phi) is 6.87. The Morgan fingerprint density at radius 3 is 2.19 bits per heavy atom. The summed E-state index contributed by atoms with van der Waals surface area (Å²) in [5.41, 5.74) is 3.61. The fourth-order valence-corrected chi connectivity index (χ4v) is 2.56. The highest BCUT2D eigenvalue weighted by Crippen LogP contribution is 2.27. The van der Waals surface area contributed by atoms with Crippen molar-refractivity contribution in [3.05, 3.63) is 54.6 Å². The summed E-state index contributed by atoms with van der Waals surface area (Å²) in [5.74, 6) is 0. The second-order valence-electron chi connectivity index (χ2n) is 5.53. The van der Waals surface area contributed by atoms with Gasteiger partial charge in [-0.3, -0.25) is 5.32 Å². The maximum atomic E-state index is 4.80. The Labute approximate surface area is 129 Å². The Morgan fingerprint density at radius 2 is 1.38 bits per heavy atom. The lowest BCUT2D eigenvalue weighted by atomic mass is 10.0. The van der Waals surface area contributed by atoms with Gasteiger partial charge in [-0.15, -0.1) is 0 Å². The zero-order valence-corrected chi connectivity index (χ0v) is 13.1. The lowest BCUT2D eigenvalue weighted by Gasteiger charge is -2.10. The molecule has 0 saturated carbocycles. The summed E-state index contributed by atoms with van der Waals surface area (Å²) in [6.07, 6.45) is 7.91. The first-order valence-electron chi connectivity index (χ1n) is 8.23. The van der Waals surface area contributed by atoms with Gasteiger partial charge in [0.15, 0.2) is 0 Å². The predicted octanol–water partition coefficient (Wildman–Crippen LogP) is 5.95. The summed E-state index contributed by atoms with van der Waals surface area (Å²) in [5, 5.41) is 4.80.